The molecule has 1 N–H and O–H groups in total. The van der Waals surface area contributed by atoms with E-state index in [4.69, 9.17) is 17.0 Å². The molecule has 0 saturated carbocycles. The number of hydrogen-bond acceptors (Lipinski definition) is 4. The second kappa shape index (κ2) is 6.92. The molecule has 106 valence electrons. The molecule has 1 aliphatic heterocycles. The normalized spacial score (nSPS) is 20.7. The lowest BCUT2D eigenvalue weighted by molar-refractivity contribution is -0.0343. The summed E-state index contributed by atoms with van der Waals surface area (Å²) >= 11 is 8.78. The first-order valence-corrected chi connectivity index (χ1v) is 7.98. The van der Waals surface area contributed by atoms with E-state index in [1.807, 2.05) is 0 Å². The van der Waals surface area contributed by atoms with Crippen LogP contribution in [0.3, 0.4) is 0 Å². The maximum absolute atomic E-state index is 5.84. The second-order valence-electron chi connectivity index (χ2n) is 4.73. The Kier molecular flexibility index (Phi) is 5.50. The van der Waals surface area contributed by atoms with Crippen LogP contribution in [0.4, 0.5) is 0 Å². The minimum absolute atomic E-state index is 0.000370. The van der Waals surface area contributed by atoms with E-state index in [1.54, 1.807) is 0 Å². The average molecular weight is 346 g/mol. The molecule has 0 spiro atoms. The molecular weight excluding hydrogens is 326 g/mol. The fourth-order valence-corrected chi connectivity index (χ4v) is 3.00. The molecule has 0 radical (unpaired) electrons. The van der Waals surface area contributed by atoms with E-state index >= 15 is 0 Å². The van der Waals surface area contributed by atoms with Gasteiger partial charge >= 0.3 is 0 Å². The van der Waals surface area contributed by atoms with Crippen molar-refractivity contribution >= 4 is 28.1 Å². The van der Waals surface area contributed by atoms with Gasteiger partial charge in [0.25, 0.3) is 0 Å². The molecule has 1 fully saturated rings. The zero-order valence-electron chi connectivity index (χ0n) is 11.4. The molecule has 1 atom stereocenters. The number of aryl methyl sites for hydroxylation is 1. The van der Waals surface area contributed by atoms with Gasteiger partial charge in [-0.15, -0.1) is 0 Å². The Hall–Kier alpha value is -0.300. The summed E-state index contributed by atoms with van der Waals surface area (Å²) in [5.74, 6) is 0.853. The molecule has 0 bridgehead atoms. The Balaban J connectivity index is 2.21. The summed E-state index contributed by atoms with van der Waals surface area (Å²) in [5.41, 5.74) is 1.09. The molecule has 0 aromatic carbocycles. The molecule has 19 heavy (non-hydrogen) atoms. The highest BCUT2D eigenvalue weighted by Gasteiger charge is 2.23. The molecule has 0 aliphatic carbocycles. The highest BCUT2D eigenvalue weighted by Crippen LogP contribution is 2.23. The number of ether oxygens (including phenoxy) is 1. The van der Waals surface area contributed by atoms with Gasteiger partial charge in [-0.3, -0.25) is 4.90 Å². The van der Waals surface area contributed by atoms with Crippen LogP contribution in [0.15, 0.2) is 4.47 Å². The van der Waals surface area contributed by atoms with Gasteiger partial charge in [0.15, 0.2) is 0 Å². The van der Waals surface area contributed by atoms with Gasteiger partial charge in [-0.25, -0.2) is 4.98 Å². The fourth-order valence-electron chi connectivity index (χ4n) is 2.31. The van der Waals surface area contributed by atoms with Crippen molar-refractivity contribution < 1.29 is 4.74 Å². The summed E-state index contributed by atoms with van der Waals surface area (Å²) in [6.45, 7) is 8.05. The topological polar surface area (TPSA) is 41.1 Å². The number of morpholine rings is 1. The third-order valence-electron chi connectivity index (χ3n) is 3.30. The molecule has 2 rings (SSSR count). The van der Waals surface area contributed by atoms with E-state index in [0.29, 0.717) is 4.64 Å². The number of nitrogens with zero attached hydrogens (tertiary/aromatic N) is 2. The number of rotatable bonds is 4. The van der Waals surface area contributed by atoms with Crippen molar-refractivity contribution in [1.82, 2.24) is 14.9 Å². The van der Waals surface area contributed by atoms with Crippen molar-refractivity contribution in [2.24, 2.45) is 0 Å². The average Bonchev–Trinajstić information content (AvgIpc) is 2.42. The van der Waals surface area contributed by atoms with E-state index in [-0.39, 0.29) is 6.10 Å². The Bertz CT molecular complexity index is 489. The largest absolute Gasteiger partial charge is 0.368 e. The molecule has 1 aromatic heterocycles. The Morgan fingerprint density at radius 3 is 3.00 bits per heavy atom. The summed E-state index contributed by atoms with van der Waals surface area (Å²) in [5, 5.41) is 0. The molecule has 6 heteroatoms. The van der Waals surface area contributed by atoms with E-state index in [9.17, 15) is 0 Å². The minimum Gasteiger partial charge on any atom is -0.368 e. The van der Waals surface area contributed by atoms with Crippen molar-refractivity contribution in [2.45, 2.75) is 32.8 Å². The number of nitrogens with one attached hydrogen (secondary N) is 1. The molecule has 1 unspecified atom stereocenters. The van der Waals surface area contributed by atoms with Gasteiger partial charge < -0.3 is 9.72 Å². The predicted octanol–water partition coefficient (Wildman–Crippen LogP) is 3.25. The third kappa shape index (κ3) is 3.62. The molecule has 0 amide bonds. The predicted molar refractivity (Wildman–Crippen MR) is 81.9 cm³/mol. The summed E-state index contributed by atoms with van der Waals surface area (Å²) < 4.78 is 7.35. The van der Waals surface area contributed by atoms with Crippen molar-refractivity contribution in [2.75, 3.05) is 26.2 Å². The molecule has 1 saturated heterocycles. The highest BCUT2D eigenvalue weighted by atomic mass is 79.9. The SMILES string of the molecule is CCCN1CCOC(c2nc(=S)c(Br)c(CC)[nH]2)C1. The van der Waals surface area contributed by atoms with Crippen LogP contribution in [0.5, 0.6) is 0 Å². The zero-order valence-corrected chi connectivity index (χ0v) is 13.8. The minimum atomic E-state index is 0.000370. The smallest absolute Gasteiger partial charge is 0.144 e. The quantitative estimate of drug-likeness (QED) is 0.850. The maximum atomic E-state index is 5.84. The van der Waals surface area contributed by atoms with Gasteiger partial charge in [-0.2, -0.15) is 0 Å². The molecular formula is C13H20BrN3OS. The van der Waals surface area contributed by atoms with E-state index in [2.05, 4.69) is 44.6 Å². The highest BCUT2D eigenvalue weighted by molar-refractivity contribution is 9.10. The van der Waals surface area contributed by atoms with Crippen LogP contribution in [0.2, 0.25) is 0 Å². The number of aromatic nitrogens is 2. The number of halogens is 1. The Labute approximate surface area is 127 Å². The first-order chi connectivity index (χ1) is 9.15. The van der Waals surface area contributed by atoms with Crippen molar-refractivity contribution in [1.29, 1.82) is 0 Å². The zero-order chi connectivity index (χ0) is 13.8. The Morgan fingerprint density at radius 1 is 1.53 bits per heavy atom. The summed E-state index contributed by atoms with van der Waals surface area (Å²) in [7, 11) is 0. The lowest BCUT2D eigenvalue weighted by Crippen LogP contribution is -2.39. The van der Waals surface area contributed by atoms with Crippen LogP contribution in [0.25, 0.3) is 0 Å². The van der Waals surface area contributed by atoms with Gasteiger partial charge in [0.2, 0.25) is 0 Å². The van der Waals surface area contributed by atoms with Gasteiger partial charge in [0.1, 0.15) is 16.6 Å². The molecule has 4 nitrogen and oxygen atoms in total. The molecule has 1 aliphatic rings. The van der Waals surface area contributed by atoms with Crippen molar-refractivity contribution in [3.8, 4) is 0 Å². The van der Waals surface area contributed by atoms with Crippen molar-refractivity contribution in [3.63, 3.8) is 0 Å². The van der Waals surface area contributed by atoms with Gasteiger partial charge in [0, 0.05) is 18.8 Å². The molecule has 1 aromatic rings. The summed E-state index contributed by atoms with van der Waals surface area (Å²) in [6.07, 6.45) is 2.06. The van der Waals surface area contributed by atoms with Crippen LogP contribution in [-0.2, 0) is 11.2 Å². The van der Waals surface area contributed by atoms with E-state index in [1.165, 1.54) is 0 Å². The van der Waals surface area contributed by atoms with Crippen molar-refractivity contribution in [3.05, 3.63) is 20.6 Å². The molecule has 2 heterocycles. The van der Waals surface area contributed by atoms with Crippen LogP contribution in [0, 0.1) is 4.64 Å². The fraction of sp³-hybridized carbons (Fsp3) is 0.692. The van der Waals surface area contributed by atoms with E-state index in [0.717, 1.165) is 55.1 Å². The summed E-state index contributed by atoms with van der Waals surface area (Å²) in [6, 6.07) is 0. The Morgan fingerprint density at radius 2 is 2.32 bits per heavy atom. The van der Waals surface area contributed by atoms with Crippen LogP contribution in [0.1, 0.15) is 37.9 Å². The van der Waals surface area contributed by atoms with Crippen LogP contribution in [-0.4, -0.2) is 41.1 Å². The van der Waals surface area contributed by atoms with Crippen LogP contribution < -0.4 is 0 Å². The standard InChI is InChI=1S/C13H20BrN3OS/c1-3-5-17-6-7-18-10(8-17)12-15-9(4-2)11(14)13(19)16-12/h10H,3-8H2,1-2H3,(H,15,16,19). The lowest BCUT2D eigenvalue weighted by Gasteiger charge is -2.32. The van der Waals surface area contributed by atoms with Gasteiger partial charge in [-0.05, 0) is 35.3 Å². The van der Waals surface area contributed by atoms with Crippen LogP contribution >= 0.6 is 28.1 Å². The maximum Gasteiger partial charge on any atom is 0.144 e. The van der Waals surface area contributed by atoms with Gasteiger partial charge in [0.05, 0.1) is 11.1 Å². The number of H-pyrrole nitrogens is 1. The monoisotopic (exact) mass is 345 g/mol. The third-order valence-corrected chi connectivity index (χ3v) is 4.71. The lowest BCUT2D eigenvalue weighted by atomic mass is 10.2. The number of hydrogen-bond donors (Lipinski definition) is 1. The van der Waals surface area contributed by atoms with Gasteiger partial charge in [-0.1, -0.05) is 26.1 Å². The number of aromatic amines is 1. The second-order valence-corrected chi connectivity index (χ2v) is 5.91. The first-order valence-electron chi connectivity index (χ1n) is 6.78. The summed E-state index contributed by atoms with van der Waals surface area (Å²) in [4.78, 5) is 10.2. The first kappa shape index (κ1) is 15.1. The van der Waals surface area contributed by atoms with E-state index < -0.39 is 0 Å².